The first-order valence-electron chi connectivity index (χ1n) is 6.37. The van der Waals surface area contributed by atoms with Crippen molar-refractivity contribution in [2.24, 2.45) is 7.05 Å². The molecule has 1 aliphatic rings. The van der Waals surface area contributed by atoms with Crippen molar-refractivity contribution in [1.29, 1.82) is 0 Å². The summed E-state index contributed by atoms with van der Waals surface area (Å²) < 4.78 is 3.08. The van der Waals surface area contributed by atoms with Crippen molar-refractivity contribution in [3.05, 3.63) is 15.9 Å². The van der Waals surface area contributed by atoms with Crippen LogP contribution in [0.2, 0.25) is 0 Å². The fraction of sp³-hybridized carbons (Fsp3) is 0.750. The van der Waals surface area contributed by atoms with Crippen molar-refractivity contribution in [2.75, 3.05) is 37.7 Å². The van der Waals surface area contributed by atoms with E-state index in [0.717, 1.165) is 29.8 Å². The van der Waals surface area contributed by atoms with Crippen LogP contribution in [0.5, 0.6) is 0 Å². The lowest BCUT2D eigenvalue weighted by Crippen LogP contribution is -2.37. The second-order valence-electron chi connectivity index (χ2n) is 4.60. The van der Waals surface area contributed by atoms with Crippen LogP contribution in [-0.2, 0) is 13.6 Å². The second kappa shape index (κ2) is 6.93. The molecule has 1 aromatic rings. The number of halogens is 1. The second-order valence-corrected chi connectivity index (χ2v) is 6.62. The predicted molar refractivity (Wildman–Crippen MR) is 81.1 cm³/mol. The zero-order valence-corrected chi connectivity index (χ0v) is 13.5. The van der Waals surface area contributed by atoms with E-state index in [4.69, 9.17) is 0 Å². The molecule has 2 rings (SSSR count). The summed E-state index contributed by atoms with van der Waals surface area (Å²) >= 11 is 5.65. The van der Waals surface area contributed by atoms with Crippen molar-refractivity contribution in [2.45, 2.75) is 13.5 Å². The van der Waals surface area contributed by atoms with Gasteiger partial charge in [-0.15, -0.1) is 0 Å². The molecule has 0 radical (unpaired) electrons. The van der Waals surface area contributed by atoms with Crippen LogP contribution in [0.25, 0.3) is 0 Å². The van der Waals surface area contributed by atoms with E-state index in [9.17, 15) is 0 Å². The largest absolute Gasteiger partial charge is 0.310 e. The molecule has 0 amide bonds. The molecule has 1 fully saturated rings. The quantitative estimate of drug-likeness (QED) is 0.831. The monoisotopic (exact) mass is 332 g/mol. The van der Waals surface area contributed by atoms with Gasteiger partial charge in [0.15, 0.2) is 0 Å². The van der Waals surface area contributed by atoms with Gasteiger partial charge in [0.25, 0.3) is 0 Å². The molecule has 18 heavy (non-hydrogen) atoms. The predicted octanol–water partition coefficient (Wildman–Crippen LogP) is 1.63. The fourth-order valence-corrected chi connectivity index (χ4v) is 3.60. The lowest BCUT2D eigenvalue weighted by molar-refractivity contribution is 0.300. The minimum atomic E-state index is 0.876. The van der Waals surface area contributed by atoms with Crippen molar-refractivity contribution >= 4 is 27.7 Å². The molecule has 4 nitrogen and oxygen atoms in total. The van der Waals surface area contributed by atoms with Crippen LogP contribution < -0.4 is 5.32 Å². The average molecular weight is 333 g/mol. The number of rotatable bonds is 5. The Morgan fingerprint density at radius 3 is 2.72 bits per heavy atom. The Bertz CT molecular complexity index is 388. The summed E-state index contributed by atoms with van der Waals surface area (Å²) in [5.41, 5.74) is 2.28. The average Bonchev–Trinajstić information content (AvgIpc) is 2.61. The maximum absolute atomic E-state index is 4.40. The minimum absolute atomic E-state index is 0.876. The first-order valence-corrected chi connectivity index (χ1v) is 8.32. The first kappa shape index (κ1) is 14.4. The number of nitrogens with zero attached hydrogens (tertiary/aromatic N) is 3. The highest BCUT2D eigenvalue weighted by Gasteiger charge is 2.11. The zero-order chi connectivity index (χ0) is 13.0. The third kappa shape index (κ3) is 3.73. The molecule has 0 unspecified atom stereocenters. The Kier molecular flexibility index (Phi) is 5.54. The Morgan fingerprint density at radius 2 is 2.11 bits per heavy atom. The highest BCUT2D eigenvalue weighted by atomic mass is 79.9. The zero-order valence-electron chi connectivity index (χ0n) is 11.1. The van der Waals surface area contributed by atoms with Crippen molar-refractivity contribution in [3.8, 4) is 0 Å². The number of thioether (sulfide) groups is 1. The van der Waals surface area contributed by atoms with Gasteiger partial charge < -0.3 is 10.2 Å². The molecule has 102 valence electrons. The Labute approximate surface area is 122 Å². The maximum Gasteiger partial charge on any atom is 0.0739 e. The topological polar surface area (TPSA) is 33.1 Å². The molecule has 1 saturated heterocycles. The van der Waals surface area contributed by atoms with Crippen LogP contribution in [0.15, 0.2) is 4.47 Å². The van der Waals surface area contributed by atoms with E-state index in [0.29, 0.717) is 0 Å². The fourth-order valence-electron chi connectivity index (χ4n) is 2.14. The maximum atomic E-state index is 4.40. The lowest BCUT2D eigenvalue weighted by Gasteiger charge is -2.26. The molecule has 1 N–H and O–H groups in total. The van der Waals surface area contributed by atoms with Crippen molar-refractivity contribution < 1.29 is 0 Å². The van der Waals surface area contributed by atoms with Gasteiger partial charge in [-0.2, -0.15) is 16.9 Å². The third-order valence-corrected chi connectivity index (χ3v) is 5.24. The van der Waals surface area contributed by atoms with Gasteiger partial charge in [-0.3, -0.25) is 4.68 Å². The molecule has 0 aromatic carbocycles. The van der Waals surface area contributed by atoms with E-state index in [1.54, 1.807) is 0 Å². The molecule has 0 aliphatic carbocycles. The van der Waals surface area contributed by atoms with Gasteiger partial charge in [0.2, 0.25) is 0 Å². The van der Waals surface area contributed by atoms with E-state index in [1.165, 1.54) is 30.3 Å². The van der Waals surface area contributed by atoms with E-state index < -0.39 is 0 Å². The lowest BCUT2D eigenvalue weighted by atomic mass is 10.3. The van der Waals surface area contributed by atoms with Crippen LogP contribution in [0.3, 0.4) is 0 Å². The van der Waals surface area contributed by atoms with E-state index in [-0.39, 0.29) is 0 Å². The van der Waals surface area contributed by atoms with Crippen LogP contribution in [-0.4, -0.2) is 52.4 Å². The normalized spacial score (nSPS) is 17.3. The van der Waals surface area contributed by atoms with Gasteiger partial charge in [0, 0.05) is 51.3 Å². The standard InChI is InChI=1S/C12H21BrN4S/c1-10-12(13)11(16(2)15-10)9-14-3-4-17-5-7-18-8-6-17/h14H,3-9H2,1-2H3. The van der Waals surface area contributed by atoms with Crippen LogP contribution >= 0.6 is 27.7 Å². The Morgan fingerprint density at radius 1 is 1.39 bits per heavy atom. The number of aromatic nitrogens is 2. The number of aryl methyl sites for hydroxylation is 2. The van der Waals surface area contributed by atoms with Gasteiger partial charge in [-0.25, -0.2) is 0 Å². The molecule has 0 saturated carbocycles. The highest BCUT2D eigenvalue weighted by Crippen LogP contribution is 2.19. The number of hydrogen-bond donors (Lipinski definition) is 1. The Hall–Kier alpha value is -0.0400. The van der Waals surface area contributed by atoms with Gasteiger partial charge >= 0.3 is 0 Å². The molecular weight excluding hydrogens is 312 g/mol. The summed E-state index contributed by atoms with van der Waals surface area (Å²) in [6, 6.07) is 0. The summed E-state index contributed by atoms with van der Waals surface area (Å²) in [6.07, 6.45) is 0. The molecule has 6 heteroatoms. The molecule has 2 heterocycles. The molecule has 1 aliphatic heterocycles. The molecule has 0 atom stereocenters. The summed E-state index contributed by atoms with van der Waals surface area (Å²) in [4.78, 5) is 2.53. The van der Waals surface area contributed by atoms with Crippen molar-refractivity contribution in [3.63, 3.8) is 0 Å². The van der Waals surface area contributed by atoms with Crippen molar-refractivity contribution in [1.82, 2.24) is 20.0 Å². The summed E-state index contributed by atoms with van der Waals surface area (Å²) in [5.74, 6) is 2.57. The van der Waals surface area contributed by atoms with E-state index >= 15 is 0 Å². The summed E-state index contributed by atoms with van der Waals surface area (Å²) in [5, 5.41) is 7.90. The Balaban J connectivity index is 1.71. The number of nitrogens with one attached hydrogen (secondary N) is 1. The highest BCUT2D eigenvalue weighted by molar-refractivity contribution is 9.10. The molecule has 0 bridgehead atoms. The SMILES string of the molecule is Cc1nn(C)c(CNCCN2CCSCC2)c1Br. The van der Waals surface area contributed by atoms with Gasteiger partial charge in [0.05, 0.1) is 15.9 Å². The molecule has 1 aromatic heterocycles. The first-order chi connectivity index (χ1) is 8.68. The van der Waals surface area contributed by atoms with E-state index in [1.807, 2.05) is 18.7 Å². The van der Waals surface area contributed by atoms with Gasteiger partial charge in [0.1, 0.15) is 0 Å². The summed E-state index contributed by atoms with van der Waals surface area (Å²) in [7, 11) is 2.00. The molecule has 0 spiro atoms. The van der Waals surface area contributed by atoms with Gasteiger partial charge in [-0.05, 0) is 22.9 Å². The van der Waals surface area contributed by atoms with Crippen LogP contribution in [0, 0.1) is 6.92 Å². The molecular formula is C12H21BrN4S. The van der Waals surface area contributed by atoms with Crippen LogP contribution in [0.4, 0.5) is 0 Å². The summed E-state index contributed by atoms with van der Waals surface area (Å²) in [6.45, 7) is 7.57. The van der Waals surface area contributed by atoms with Gasteiger partial charge in [-0.1, -0.05) is 0 Å². The van der Waals surface area contributed by atoms with Crippen LogP contribution in [0.1, 0.15) is 11.4 Å². The number of hydrogen-bond acceptors (Lipinski definition) is 4. The van der Waals surface area contributed by atoms with E-state index in [2.05, 4.69) is 43.0 Å². The third-order valence-electron chi connectivity index (χ3n) is 3.26. The smallest absolute Gasteiger partial charge is 0.0739 e. The minimum Gasteiger partial charge on any atom is -0.310 e.